The first-order chi connectivity index (χ1) is 12.1. The minimum Gasteiger partial charge on any atom is -0.459 e. The van der Waals surface area contributed by atoms with Gasteiger partial charge in [0.1, 0.15) is 11.9 Å². The van der Waals surface area contributed by atoms with E-state index in [1.165, 1.54) is 18.9 Å². The van der Waals surface area contributed by atoms with E-state index in [2.05, 4.69) is 5.32 Å². The van der Waals surface area contributed by atoms with E-state index in [0.717, 1.165) is 25.7 Å². The fourth-order valence-electron chi connectivity index (χ4n) is 3.77. The maximum atomic E-state index is 14.3. The van der Waals surface area contributed by atoms with Gasteiger partial charge in [-0.15, -0.1) is 0 Å². The molecule has 5 heteroatoms. The molecule has 1 unspecified atom stereocenters. The van der Waals surface area contributed by atoms with Gasteiger partial charge in [0.05, 0.1) is 5.57 Å². The molecule has 4 nitrogen and oxygen atoms in total. The number of hydrogen-bond donors (Lipinski definition) is 1. The minimum absolute atomic E-state index is 0.0490. The summed E-state index contributed by atoms with van der Waals surface area (Å²) >= 11 is 0. The van der Waals surface area contributed by atoms with Crippen molar-refractivity contribution in [2.24, 2.45) is 0 Å². The van der Waals surface area contributed by atoms with Crippen LogP contribution in [-0.2, 0) is 14.3 Å². The van der Waals surface area contributed by atoms with Gasteiger partial charge in [0, 0.05) is 18.0 Å². The second kappa shape index (κ2) is 7.81. The lowest BCUT2D eigenvalue weighted by atomic mass is 9.84. The summed E-state index contributed by atoms with van der Waals surface area (Å²) in [6, 6.07) is 6.30. The highest BCUT2D eigenvalue weighted by molar-refractivity contribution is 5.95. The van der Waals surface area contributed by atoms with Crippen molar-refractivity contribution in [3.8, 4) is 0 Å². The Kier molecular flexibility index (Phi) is 5.51. The Morgan fingerprint density at radius 3 is 2.52 bits per heavy atom. The molecule has 1 aliphatic carbocycles. The lowest BCUT2D eigenvalue weighted by Gasteiger charge is -2.28. The molecule has 0 aromatic heterocycles. The Bertz CT molecular complexity index is 690. The van der Waals surface area contributed by atoms with E-state index in [-0.39, 0.29) is 18.4 Å². The molecular formula is C20H24FNO3. The molecule has 1 aliphatic heterocycles. The van der Waals surface area contributed by atoms with Crippen LogP contribution in [0.15, 0.2) is 35.5 Å². The van der Waals surface area contributed by atoms with Crippen molar-refractivity contribution >= 4 is 11.9 Å². The average Bonchev–Trinajstić information content (AvgIpc) is 2.83. The quantitative estimate of drug-likeness (QED) is 0.666. The molecule has 3 rings (SSSR count). The number of nitrogens with one attached hydrogen (secondary N) is 1. The average molecular weight is 345 g/mol. The highest BCUT2D eigenvalue weighted by Crippen LogP contribution is 2.35. The van der Waals surface area contributed by atoms with Crippen LogP contribution in [0.2, 0.25) is 0 Å². The van der Waals surface area contributed by atoms with Gasteiger partial charge in [0.25, 0.3) is 0 Å². The molecule has 2 aliphatic rings. The van der Waals surface area contributed by atoms with Gasteiger partial charge in [-0.05, 0) is 44.2 Å². The lowest BCUT2D eigenvalue weighted by Crippen LogP contribution is -2.35. The Morgan fingerprint density at radius 1 is 1.16 bits per heavy atom. The molecule has 1 aromatic rings. The molecule has 1 aromatic carbocycles. The van der Waals surface area contributed by atoms with Crippen molar-refractivity contribution in [3.63, 3.8) is 0 Å². The Morgan fingerprint density at radius 2 is 1.84 bits per heavy atom. The van der Waals surface area contributed by atoms with Crippen LogP contribution in [0, 0.1) is 5.82 Å². The minimum atomic E-state index is -0.603. The van der Waals surface area contributed by atoms with Crippen molar-refractivity contribution in [3.05, 3.63) is 46.9 Å². The van der Waals surface area contributed by atoms with Crippen molar-refractivity contribution in [2.75, 3.05) is 0 Å². The summed E-state index contributed by atoms with van der Waals surface area (Å²) in [4.78, 5) is 24.8. The van der Waals surface area contributed by atoms with Crippen molar-refractivity contribution in [2.45, 2.75) is 63.9 Å². The predicted octanol–water partition coefficient (Wildman–Crippen LogP) is 3.97. The van der Waals surface area contributed by atoms with Crippen LogP contribution in [-0.4, -0.2) is 18.0 Å². The van der Waals surface area contributed by atoms with Crippen LogP contribution in [0.4, 0.5) is 4.39 Å². The van der Waals surface area contributed by atoms with Crippen LogP contribution in [0.1, 0.15) is 63.4 Å². The third-order valence-electron chi connectivity index (χ3n) is 5.05. The van der Waals surface area contributed by atoms with Crippen LogP contribution < -0.4 is 5.32 Å². The van der Waals surface area contributed by atoms with Gasteiger partial charge in [0.15, 0.2) is 0 Å². The number of rotatable bonds is 3. The van der Waals surface area contributed by atoms with E-state index >= 15 is 0 Å². The van der Waals surface area contributed by atoms with Crippen molar-refractivity contribution in [1.82, 2.24) is 5.32 Å². The number of hydrogen-bond acceptors (Lipinski definition) is 3. The number of carbonyl (C=O) groups is 2. The monoisotopic (exact) mass is 345 g/mol. The van der Waals surface area contributed by atoms with Gasteiger partial charge in [-0.2, -0.15) is 0 Å². The first kappa shape index (κ1) is 17.6. The van der Waals surface area contributed by atoms with E-state index < -0.39 is 17.7 Å². The number of esters is 1. The fourth-order valence-corrected chi connectivity index (χ4v) is 3.77. The number of carbonyl (C=O) groups excluding carboxylic acids is 2. The predicted molar refractivity (Wildman–Crippen MR) is 92.2 cm³/mol. The van der Waals surface area contributed by atoms with Gasteiger partial charge in [0.2, 0.25) is 5.91 Å². The summed E-state index contributed by atoms with van der Waals surface area (Å²) in [5.41, 5.74) is 1.20. The van der Waals surface area contributed by atoms with Crippen molar-refractivity contribution in [1.29, 1.82) is 0 Å². The molecule has 1 atom stereocenters. The summed E-state index contributed by atoms with van der Waals surface area (Å²) in [5.74, 6) is -1.66. The van der Waals surface area contributed by atoms with E-state index in [0.29, 0.717) is 16.8 Å². The summed E-state index contributed by atoms with van der Waals surface area (Å²) in [6.07, 6.45) is 6.16. The molecule has 1 heterocycles. The molecule has 0 spiro atoms. The van der Waals surface area contributed by atoms with Gasteiger partial charge in [-0.25, -0.2) is 9.18 Å². The molecule has 25 heavy (non-hydrogen) atoms. The maximum absolute atomic E-state index is 14.3. The second-order valence-electron chi connectivity index (χ2n) is 6.88. The highest BCUT2D eigenvalue weighted by atomic mass is 19.1. The summed E-state index contributed by atoms with van der Waals surface area (Å²) < 4.78 is 20.0. The molecule has 1 fully saturated rings. The fraction of sp³-hybridized carbons (Fsp3) is 0.500. The number of ether oxygens (including phenoxy) is 1. The topological polar surface area (TPSA) is 55.4 Å². The molecule has 1 amide bonds. The molecule has 0 radical (unpaired) electrons. The van der Waals surface area contributed by atoms with Crippen LogP contribution in [0.5, 0.6) is 0 Å². The molecule has 1 N–H and O–H groups in total. The lowest BCUT2D eigenvalue weighted by molar-refractivity contribution is -0.145. The number of benzene rings is 1. The Balaban J connectivity index is 1.87. The standard InChI is InChI=1S/C20H24FNO3/c1-13-19(20(24)25-14-8-4-2-3-5-9-14)16(12-18(23)22-13)15-10-6-7-11-17(15)21/h6-7,10-11,14,16H,2-5,8-9,12H2,1H3,(H,22,23). The summed E-state index contributed by atoms with van der Waals surface area (Å²) in [7, 11) is 0. The zero-order valence-electron chi connectivity index (χ0n) is 14.5. The van der Waals surface area contributed by atoms with Gasteiger partial charge < -0.3 is 10.1 Å². The van der Waals surface area contributed by atoms with E-state index in [4.69, 9.17) is 4.74 Å². The SMILES string of the molecule is CC1=C(C(=O)OC2CCCCCC2)C(c2ccccc2F)CC(=O)N1. The molecule has 134 valence electrons. The molecule has 1 saturated carbocycles. The zero-order valence-corrected chi connectivity index (χ0v) is 14.5. The smallest absolute Gasteiger partial charge is 0.336 e. The summed E-state index contributed by atoms with van der Waals surface area (Å²) in [5, 5.41) is 2.70. The largest absolute Gasteiger partial charge is 0.459 e. The Hall–Kier alpha value is -2.17. The van der Waals surface area contributed by atoms with E-state index in [9.17, 15) is 14.0 Å². The molecule has 0 saturated heterocycles. The van der Waals surface area contributed by atoms with Gasteiger partial charge in [-0.3, -0.25) is 4.79 Å². The van der Waals surface area contributed by atoms with E-state index in [1.54, 1.807) is 25.1 Å². The third kappa shape index (κ3) is 4.09. The first-order valence-corrected chi connectivity index (χ1v) is 9.02. The van der Waals surface area contributed by atoms with Gasteiger partial charge >= 0.3 is 5.97 Å². The van der Waals surface area contributed by atoms with Crippen LogP contribution >= 0.6 is 0 Å². The molecular weight excluding hydrogens is 321 g/mol. The number of amides is 1. The molecule has 0 bridgehead atoms. The summed E-state index contributed by atoms with van der Waals surface area (Å²) in [6.45, 7) is 1.68. The van der Waals surface area contributed by atoms with Gasteiger partial charge in [-0.1, -0.05) is 31.0 Å². The zero-order chi connectivity index (χ0) is 17.8. The first-order valence-electron chi connectivity index (χ1n) is 9.02. The second-order valence-corrected chi connectivity index (χ2v) is 6.88. The normalized spacial score (nSPS) is 22.3. The van der Waals surface area contributed by atoms with Crippen LogP contribution in [0.3, 0.4) is 0 Å². The van der Waals surface area contributed by atoms with E-state index in [1.807, 2.05) is 0 Å². The number of allylic oxidation sites excluding steroid dienone is 1. The van der Waals surface area contributed by atoms with Crippen LogP contribution in [0.25, 0.3) is 0 Å². The van der Waals surface area contributed by atoms with Crippen molar-refractivity contribution < 1.29 is 18.7 Å². The third-order valence-corrected chi connectivity index (χ3v) is 5.05. The maximum Gasteiger partial charge on any atom is 0.336 e. The highest BCUT2D eigenvalue weighted by Gasteiger charge is 2.35. The Labute approximate surface area is 147 Å². The number of halogens is 1.